The lowest BCUT2D eigenvalue weighted by atomic mass is 10.3. The fourth-order valence-electron chi connectivity index (χ4n) is 1.55. The molecular weight excluding hydrogens is 262 g/mol. The van der Waals surface area contributed by atoms with E-state index in [2.05, 4.69) is 40.3 Å². The molecule has 0 saturated heterocycles. The van der Waals surface area contributed by atoms with Gasteiger partial charge in [-0.15, -0.1) is 11.3 Å². The van der Waals surface area contributed by atoms with Crippen LogP contribution in [-0.4, -0.2) is 31.6 Å². The lowest BCUT2D eigenvalue weighted by Crippen LogP contribution is -2.37. The largest absolute Gasteiger partial charge is 0.356 e. The predicted molar refractivity (Wildman–Crippen MR) is 84.9 cm³/mol. The molecular formula is C13H23N3S2. The van der Waals surface area contributed by atoms with Crippen LogP contribution in [0.4, 0.5) is 0 Å². The number of rotatable bonds is 7. The highest BCUT2D eigenvalue weighted by molar-refractivity contribution is 7.98. The van der Waals surface area contributed by atoms with E-state index in [9.17, 15) is 0 Å². The molecule has 1 aromatic heterocycles. The van der Waals surface area contributed by atoms with E-state index in [4.69, 9.17) is 0 Å². The third kappa shape index (κ3) is 5.78. The maximum absolute atomic E-state index is 4.23. The summed E-state index contributed by atoms with van der Waals surface area (Å²) in [5.74, 6) is 2.13. The number of hydrogen-bond donors (Lipinski definition) is 2. The van der Waals surface area contributed by atoms with Crippen LogP contribution in [0.25, 0.3) is 0 Å². The van der Waals surface area contributed by atoms with Gasteiger partial charge in [0.1, 0.15) is 0 Å². The van der Waals surface area contributed by atoms with Crippen molar-refractivity contribution in [2.45, 2.75) is 26.3 Å². The Bertz CT molecular complexity index is 361. The number of hydrogen-bond acceptors (Lipinski definition) is 3. The predicted octanol–water partition coefficient (Wildman–Crippen LogP) is 2.86. The van der Waals surface area contributed by atoms with Crippen LogP contribution in [0.5, 0.6) is 0 Å². The van der Waals surface area contributed by atoms with E-state index in [1.807, 2.05) is 18.8 Å². The number of aliphatic imine (C=N–C) groups is 1. The Kier molecular flexibility index (Phi) is 7.93. The first-order valence-corrected chi connectivity index (χ1v) is 8.51. The molecule has 1 rings (SSSR count). The van der Waals surface area contributed by atoms with E-state index in [1.54, 1.807) is 11.3 Å². The molecule has 2 N–H and O–H groups in total. The molecule has 1 aromatic rings. The van der Waals surface area contributed by atoms with Gasteiger partial charge in [-0.2, -0.15) is 11.8 Å². The van der Waals surface area contributed by atoms with E-state index >= 15 is 0 Å². The van der Waals surface area contributed by atoms with Crippen molar-refractivity contribution in [1.29, 1.82) is 0 Å². The van der Waals surface area contributed by atoms with E-state index < -0.39 is 0 Å². The Morgan fingerprint density at radius 3 is 2.83 bits per heavy atom. The molecule has 0 atom stereocenters. The number of thiophene rings is 1. The summed E-state index contributed by atoms with van der Waals surface area (Å²) in [6, 6.07) is 2.15. The minimum atomic E-state index is 0.855. The van der Waals surface area contributed by atoms with Gasteiger partial charge >= 0.3 is 0 Å². The minimum absolute atomic E-state index is 0.855. The average Bonchev–Trinajstić information content (AvgIpc) is 2.78. The second-order valence-electron chi connectivity index (χ2n) is 4.08. The molecule has 0 aliphatic rings. The summed E-state index contributed by atoms with van der Waals surface area (Å²) in [6.07, 6.45) is 4.60. The van der Waals surface area contributed by atoms with Gasteiger partial charge in [0.25, 0.3) is 0 Å². The molecule has 1 heterocycles. The zero-order chi connectivity index (χ0) is 13.2. The molecule has 0 bridgehead atoms. The Labute approximate surface area is 118 Å². The maximum atomic E-state index is 4.23. The molecule has 3 nitrogen and oxygen atoms in total. The molecule has 0 radical (unpaired) electrons. The second kappa shape index (κ2) is 9.28. The summed E-state index contributed by atoms with van der Waals surface area (Å²) in [6.45, 7) is 3.99. The van der Waals surface area contributed by atoms with Gasteiger partial charge in [0, 0.05) is 18.5 Å². The Balaban J connectivity index is 2.20. The van der Waals surface area contributed by atoms with Crippen molar-refractivity contribution >= 4 is 29.1 Å². The first kappa shape index (κ1) is 15.4. The van der Waals surface area contributed by atoms with Crippen LogP contribution in [0.1, 0.15) is 23.3 Å². The molecule has 0 saturated carbocycles. The van der Waals surface area contributed by atoms with Crippen molar-refractivity contribution in [1.82, 2.24) is 10.6 Å². The topological polar surface area (TPSA) is 36.4 Å². The summed E-state index contributed by atoms with van der Waals surface area (Å²) in [5, 5.41) is 8.82. The Morgan fingerprint density at radius 1 is 1.39 bits per heavy atom. The van der Waals surface area contributed by atoms with Gasteiger partial charge in [0.2, 0.25) is 0 Å². The highest BCUT2D eigenvalue weighted by atomic mass is 32.2. The van der Waals surface area contributed by atoms with Gasteiger partial charge < -0.3 is 10.6 Å². The van der Waals surface area contributed by atoms with Crippen molar-refractivity contribution in [2.75, 3.05) is 25.6 Å². The van der Waals surface area contributed by atoms with E-state index in [-0.39, 0.29) is 0 Å². The standard InChI is InChI=1S/C13H23N3S2/c1-11-6-9-18-12(11)10-16-13(14-2)15-7-4-5-8-17-3/h6,9H,4-5,7-8,10H2,1-3H3,(H2,14,15,16). The number of aryl methyl sites for hydroxylation is 1. The average molecular weight is 285 g/mol. The van der Waals surface area contributed by atoms with Crippen LogP contribution in [0.2, 0.25) is 0 Å². The van der Waals surface area contributed by atoms with Crippen molar-refractivity contribution in [3.63, 3.8) is 0 Å². The maximum Gasteiger partial charge on any atom is 0.191 e. The molecule has 0 spiro atoms. The number of guanidine groups is 1. The third-order valence-electron chi connectivity index (χ3n) is 2.68. The van der Waals surface area contributed by atoms with Gasteiger partial charge in [-0.25, -0.2) is 0 Å². The SMILES string of the molecule is CN=C(NCCCCSC)NCc1sccc1C. The highest BCUT2D eigenvalue weighted by Crippen LogP contribution is 2.14. The molecule has 0 unspecified atom stereocenters. The zero-order valence-corrected chi connectivity index (χ0v) is 13.1. The van der Waals surface area contributed by atoms with Gasteiger partial charge in [0.05, 0.1) is 6.54 Å². The smallest absolute Gasteiger partial charge is 0.191 e. The fourth-order valence-corrected chi connectivity index (χ4v) is 2.89. The number of unbranched alkanes of at least 4 members (excludes halogenated alkanes) is 1. The summed E-state index contributed by atoms with van der Waals surface area (Å²) in [5.41, 5.74) is 1.35. The van der Waals surface area contributed by atoms with E-state index in [0.717, 1.165) is 19.0 Å². The van der Waals surface area contributed by atoms with Crippen LogP contribution < -0.4 is 10.6 Å². The highest BCUT2D eigenvalue weighted by Gasteiger charge is 2.01. The van der Waals surface area contributed by atoms with Crippen molar-refractivity contribution in [3.05, 3.63) is 21.9 Å². The van der Waals surface area contributed by atoms with Crippen molar-refractivity contribution in [2.24, 2.45) is 4.99 Å². The lowest BCUT2D eigenvalue weighted by Gasteiger charge is -2.11. The Hall–Kier alpha value is -0.680. The fraction of sp³-hybridized carbons (Fsp3) is 0.615. The summed E-state index contributed by atoms with van der Waals surface area (Å²) < 4.78 is 0. The van der Waals surface area contributed by atoms with E-state index in [1.165, 1.54) is 29.0 Å². The number of nitrogens with zero attached hydrogens (tertiary/aromatic N) is 1. The first-order valence-electron chi connectivity index (χ1n) is 6.24. The Morgan fingerprint density at radius 2 is 2.22 bits per heavy atom. The minimum Gasteiger partial charge on any atom is -0.356 e. The summed E-state index contributed by atoms with van der Waals surface area (Å²) in [7, 11) is 1.82. The molecule has 0 aliphatic carbocycles. The van der Waals surface area contributed by atoms with Crippen LogP contribution in [-0.2, 0) is 6.54 Å². The van der Waals surface area contributed by atoms with Crippen molar-refractivity contribution in [3.8, 4) is 0 Å². The van der Waals surface area contributed by atoms with Crippen LogP contribution in [0, 0.1) is 6.92 Å². The normalized spacial score (nSPS) is 11.6. The van der Waals surface area contributed by atoms with Crippen LogP contribution in [0.15, 0.2) is 16.4 Å². The number of thioether (sulfide) groups is 1. The molecule has 5 heteroatoms. The monoisotopic (exact) mass is 285 g/mol. The molecule has 18 heavy (non-hydrogen) atoms. The van der Waals surface area contributed by atoms with Gasteiger partial charge in [-0.05, 0) is 48.8 Å². The van der Waals surface area contributed by atoms with Crippen LogP contribution >= 0.6 is 23.1 Å². The second-order valence-corrected chi connectivity index (χ2v) is 6.07. The van der Waals surface area contributed by atoms with Gasteiger partial charge in [-0.3, -0.25) is 4.99 Å². The van der Waals surface area contributed by atoms with Crippen molar-refractivity contribution < 1.29 is 0 Å². The van der Waals surface area contributed by atoms with Crippen LogP contribution in [0.3, 0.4) is 0 Å². The van der Waals surface area contributed by atoms with Gasteiger partial charge in [0.15, 0.2) is 5.96 Å². The first-order chi connectivity index (χ1) is 8.77. The van der Waals surface area contributed by atoms with E-state index in [0.29, 0.717) is 0 Å². The quantitative estimate of drug-likeness (QED) is 0.459. The zero-order valence-electron chi connectivity index (χ0n) is 11.5. The molecule has 0 aromatic carbocycles. The molecule has 102 valence electrons. The summed E-state index contributed by atoms with van der Waals surface area (Å²) in [4.78, 5) is 5.60. The third-order valence-corrected chi connectivity index (χ3v) is 4.40. The molecule has 0 fully saturated rings. The molecule has 0 amide bonds. The number of nitrogens with one attached hydrogen (secondary N) is 2. The summed E-state index contributed by atoms with van der Waals surface area (Å²) >= 11 is 3.69. The molecule has 0 aliphatic heterocycles. The lowest BCUT2D eigenvalue weighted by molar-refractivity contribution is 0.734. The van der Waals surface area contributed by atoms with Gasteiger partial charge in [-0.1, -0.05) is 0 Å².